The second kappa shape index (κ2) is 5.50. The standard InChI is InChI=1S/C11H13F2N/c12-10-7-4-6-9(11(10)13)5-2-1-3-8-14/h1-2,4,6-7H,3,5,8,14H2. The van der Waals surface area contributed by atoms with Crippen molar-refractivity contribution >= 4 is 0 Å². The number of hydrogen-bond acceptors (Lipinski definition) is 1. The predicted molar refractivity (Wildman–Crippen MR) is 52.9 cm³/mol. The smallest absolute Gasteiger partial charge is 0.162 e. The van der Waals surface area contributed by atoms with Crippen LogP contribution < -0.4 is 5.73 Å². The van der Waals surface area contributed by atoms with Gasteiger partial charge in [-0.2, -0.15) is 0 Å². The second-order valence-electron chi connectivity index (χ2n) is 2.97. The average molecular weight is 197 g/mol. The number of rotatable bonds is 4. The second-order valence-corrected chi connectivity index (χ2v) is 2.97. The Balaban J connectivity index is 2.63. The molecular formula is C11H13F2N. The maximum absolute atomic E-state index is 13.1. The third kappa shape index (κ3) is 2.92. The van der Waals surface area contributed by atoms with Gasteiger partial charge < -0.3 is 5.73 Å². The van der Waals surface area contributed by atoms with E-state index >= 15 is 0 Å². The van der Waals surface area contributed by atoms with E-state index in [1.165, 1.54) is 6.07 Å². The lowest BCUT2D eigenvalue weighted by Crippen LogP contribution is -1.96. The van der Waals surface area contributed by atoms with Gasteiger partial charge in [0.05, 0.1) is 0 Å². The lowest BCUT2D eigenvalue weighted by atomic mass is 10.1. The molecule has 0 saturated heterocycles. The van der Waals surface area contributed by atoms with Crippen molar-refractivity contribution in [2.24, 2.45) is 5.73 Å². The molecular weight excluding hydrogens is 184 g/mol. The lowest BCUT2D eigenvalue weighted by molar-refractivity contribution is 0.501. The van der Waals surface area contributed by atoms with Gasteiger partial charge in [-0.15, -0.1) is 0 Å². The van der Waals surface area contributed by atoms with Crippen LogP contribution in [0.1, 0.15) is 12.0 Å². The van der Waals surface area contributed by atoms with Gasteiger partial charge in [0.25, 0.3) is 0 Å². The van der Waals surface area contributed by atoms with Crippen LogP contribution in [-0.4, -0.2) is 6.54 Å². The summed E-state index contributed by atoms with van der Waals surface area (Å²) in [6, 6.07) is 4.19. The molecule has 14 heavy (non-hydrogen) atoms. The Labute approximate surface area is 82.2 Å². The van der Waals surface area contributed by atoms with Gasteiger partial charge in [-0.05, 0) is 31.0 Å². The number of allylic oxidation sites excluding steroid dienone is 1. The average Bonchev–Trinajstić information content (AvgIpc) is 2.19. The SMILES string of the molecule is NCCC=CCc1cccc(F)c1F. The summed E-state index contributed by atoms with van der Waals surface area (Å²) in [5.74, 6) is -1.56. The number of benzene rings is 1. The van der Waals surface area contributed by atoms with Gasteiger partial charge in [-0.25, -0.2) is 8.78 Å². The van der Waals surface area contributed by atoms with Gasteiger partial charge in [-0.1, -0.05) is 24.3 Å². The van der Waals surface area contributed by atoms with Crippen molar-refractivity contribution in [1.29, 1.82) is 0 Å². The molecule has 3 heteroatoms. The highest BCUT2D eigenvalue weighted by molar-refractivity contribution is 5.21. The van der Waals surface area contributed by atoms with Gasteiger partial charge in [0.1, 0.15) is 0 Å². The fourth-order valence-electron chi connectivity index (χ4n) is 1.13. The van der Waals surface area contributed by atoms with E-state index in [-0.39, 0.29) is 0 Å². The molecule has 0 saturated carbocycles. The topological polar surface area (TPSA) is 26.0 Å². The molecule has 0 fully saturated rings. The summed E-state index contributed by atoms with van der Waals surface area (Å²) in [6.45, 7) is 0.572. The Morgan fingerprint density at radius 3 is 2.71 bits per heavy atom. The van der Waals surface area contributed by atoms with E-state index in [1.54, 1.807) is 12.1 Å². The van der Waals surface area contributed by atoms with Crippen molar-refractivity contribution in [1.82, 2.24) is 0 Å². The van der Waals surface area contributed by atoms with Gasteiger partial charge in [0.2, 0.25) is 0 Å². The summed E-state index contributed by atoms with van der Waals surface area (Å²) >= 11 is 0. The number of hydrogen-bond donors (Lipinski definition) is 1. The molecule has 1 aromatic carbocycles. The summed E-state index contributed by atoms with van der Waals surface area (Å²) < 4.78 is 25.8. The molecule has 0 aliphatic heterocycles. The van der Waals surface area contributed by atoms with Crippen molar-refractivity contribution in [3.05, 3.63) is 47.5 Å². The van der Waals surface area contributed by atoms with Crippen LogP contribution in [0.5, 0.6) is 0 Å². The molecule has 1 nitrogen and oxygen atoms in total. The molecule has 76 valence electrons. The summed E-state index contributed by atoms with van der Waals surface area (Å²) in [7, 11) is 0. The monoisotopic (exact) mass is 197 g/mol. The summed E-state index contributed by atoms with van der Waals surface area (Å²) in [6.07, 6.45) is 4.83. The first-order valence-corrected chi connectivity index (χ1v) is 4.53. The molecule has 0 aromatic heterocycles. The summed E-state index contributed by atoms with van der Waals surface area (Å²) in [5, 5.41) is 0. The molecule has 2 N–H and O–H groups in total. The predicted octanol–water partition coefficient (Wildman–Crippen LogP) is 2.41. The number of halogens is 2. The summed E-state index contributed by atoms with van der Waals surface area (Å²) in [5.41, 5.74) is 5.65. The largest absolute Gasteiger partial charge is 0.330 e. The van der Waals surface area contributed by atoms with Crippen LogP contribution in [0.25, 0.3) is 0 Å². The van der Waals surface area contributed by atoms with Crippen LogP contribution >= 0.6 is 0 Å². The lowest BCUT2D eigenvalue weighted by Gasteiger charge is -1.99. The van der Waals surface area contributed by atoms with Crippen LogP contribution in [0.4, 0.5) is 8.78 Å². The molecule has 0 aliphatic rings. The van der Waals surface area contributed by atoms with Crippen LogP contribution in [-0.2, 0) is 6.42 Å². The summed E-state index contributed by atoms with van der Waals surface area (Å²) in [4.78, 5) is 0. The molecule has 0 unspecified atom stereocenters. The molecule has 0 atom stereocenters. The molecule has 0 radical (unpaired) electrons. The van der Waals surface area contributed by atoms with E-state index in [2.05, 4.69) is 0 Å². The fourth-order valence-corrected chi connectivity index (χ4v) is 1.13. The minimum atomic E-state index is -0.797. The fraction of sp³-hybridized carbons (Fsp3) is 0.273. The van der Waals surface area contributed by atoms with Crippen molar-refractivity contribution in [3.63, 3.8) is 0 Å². The van der Waals surface area contributed by atoms with E-state index in [1.807, 2.05) is 6.08 Å². The molecule has 0 aliphatic carbocycles. The minimum Gasteiger partial charge on any atom is -0.330 e. The molecule has 0 amide bonds. The Hall–Kier alpha value is -1.22. The van der Waals surface area contributed by atoms with E-state index in [0.717, 1.165) is 12.5 Å². The maximum Gasteiger partial charge on any atom is 0.162 e. The first-order valence-electron chi connectivity index (χ1n) is 4.53. The highest BCUT2D eigenvalue weighted by Crippen LogP contribution is 2.12. The van der Waals surface area contributed by atoms with Crippen LogP contribution in [0, 0.1) is 11.6 Å². The van der Waals surface area contributed by atoms with Gasteiger partial charge >= 0.3 is 0 Å². The van der Waals surface area contributed by atoms with Crippen molar-refractivity contribution in [3.8, 4) is 0 Å². The van der Waals surface area contributed by atoms with E-state index in [9.17, 15) is 8.78 Å². The van der Waals surface area contributed by atoms with E-state index < -0.39 is 11.6 Å². The zero-order chi connectivity index (χ0) is 10.4. The van der Waals surface area contributed by atoms with Crippen LogP contribution in [0.2, 0.25) is 0 Å². The molecule has 1 rings (SSSR count). The molecule has 0 heterocycles. The normalized spacial score (nSPS) is 11.1. The molecule has 1 aromatic rings. The van der Waals surface area contributed by atoms with E-state index in [0.29, 0.717) is 18.5 Å². The Kier molecular flexibility index (Phi) is 4.26. The number of nitrogens with two attached hydrogens (primary N) is 1. The quantitative estimate of drug-likeness (QED) is 0.737. The van der Waals surface area contributed by atoms with Crippen molar-refractivity contribution in [2.45, 2.75) is 12.8 Å². The van der Waals surface area contributed by atoms with E-state index in [4.69, 9.17) is 5.73 Å². The molecule has 0 spiro atoms. The zero-order valence-corrected chi connectivity index (χ0v) is 7.84. The van der Waals surface area contributed by atoms with Gasteiger partial charge in [0.15, 0.2) is 11.6 Å². The minimum absolute atomic E-state index is 0.373. The first-order chi connectivity index (χ1) is 6.75. The van der Waals surface area contributed by atoms with Gasteiger partial charge in [-0.3, -0.25) is 0 Å². The van der Waals surface area contributed by atoms with Crippen LogP contribution in [0.3, 0.4) is 0 Å². The highest BCUT2D eigenvalue weighted by Gasteiger charge is 2.04. The maximum atomic E-state index is 13.1. The third-order valence-electron chi connectivity index (χ3n) is 1.87. The van der Waals surface area contributed by atoms with Crippen LogP contribution in [0.15, 0.2) is 30.4 Å². The Morgan fingerprint density at radius 2 is 2.00 bits per heavy atom. The Bertz CT molecular complexity index is 321. The zero-order valence-electron chi connectivity index (χ0n) is 7.84. The highest BCUT2D eigenvalue weighted by atomic mass is 19.2. The Morgan fingerprint density at radius 1 is 1.21 bits per heavy atom. The first kappa shape index (κ1) is 10.9. The van der Waals surface area contributed by atoms with Crippen molar-refractivity contribution in [2.75, 3.05) is 6.54 Å². The molecule has 0 bridgehead atoms. The van der Waals surface area contributed by atoms with Gasteiger partial charge in [0, 0.05) is 0 Å². The third-order valence-corrected chi connectivity index (χ3v) is 1.87. The van der Waals surface area contributed by atoms with Crippen molar-refractivity contribution < 1.29 is 8.78 Å².